The van der Waals surface area contributed by atoms with Crippen LogP contribution in [-0.4, -0.2) is 28.0 Å². The molecule has 6 nitrogen and oxygen atoms in total. The summed E-state index contributed by atoms with van der Waals surface area (Å²) in [4.78, 5) is 20.4. The second-order valence-electron chi connectivity index (χ2n) is 7.25. The molecule has 0 spiro atoms. The second-order valence-corrected chi connectivity index (χ2v) is 7.25. The Balaban J connectivity index is 1.60. The Bertz CT molecular complexity index is 740. The van der Waals surface area contributed by atoms with E-state index in [0.29, 0.717) is 24.4 Å². The van der Waals surface area contributed by atoms with Crippen molar-refractivity contribution in [1.82, 2.24) is 26.1 Å². The number of hydrogen-bond donors (Lipinski definition) is 4. The van der Waals surface area contributed by atoms with E-state index in [-0.39, 0.29) is 11.9 Å². The zero-order valence-electron chi connectivity index (χ0n) is 15.5. The lowest BCUT2D eigenvalue weighted by atomic mass is 9.94. The number of amides is 1. The van der Waals surface area contributed by atoms with Crippen molar-refractivity contribution in [3.8, 4) is 0 Å². The van der Waals surface area contributed by atoms with E-state index in [1.54, 1.807) is 0 Å². The number of aromatic amines is 1. The van der Waals surface area contributed by atoms with Gasteiger partial charge in [0.05, 0.1) is 17.1 Å². The third kappa shape index (κ3) is 4.02. The first kappa shape index (κ1) is 17.9. The Hall–Kier alpha value is -1.92. The molecule has 1 aromatic heterocycles. The minimum Gasteiger partial charge on any atom is -0.346 e. The van der Waals surface area contributed by atoms with Crippen LogP contribution < -0.4 is 16.2 Å². The maximum Gasteiger partial charge on any atom is 0.220 e. The summed E-state index contributed by atoms with van der Waals surface area (Å²) in [6.45, 7) is 8.50. The van der Waals surface area contributed by atoms with E-state index >= 15 is 0 Å². The number of rotatable bonds is 6. The minimum absolute atomic E-state index is 0.0776. The van der Waals surface area contributed by atoms with E-state index < -0.39 is 0 Å². The number of aromatic nitrogens is 2. The first-order valence-electron chi connectivity index (χ1n) is 9.24. The van der Waals surface area contributed by atoms with Crippen molar-refractivity contribution < 1.29 is 4.79 Å². The topological polar surface area (TPSA) is 81.8 Å². The van der Waals surface area contributed by atoms with Crippen LogP contribution in [0.2, 0.25) is 0 Å². The van der Waals surface area contributed by atoms with Gasteiger partial charge in [0, 0.05) is 18.5 Å². The summed E-state index contributed by atoms with van der Waals surface area (Å²) in [6.07, 6.45) is 2.16. The number of aryl methyl sites for hydroxylation is 1. The Morgan fingerprint density at radius 3 is 2.80 bits per heavy atom. The zero-order valence-corrected chi connectivity index (χ0v) is 15.5. The van der Waals surface area contributed by atoms with Gasteiger partial charge in [0.25, 0.3) is 0 Å². The third-order valence-electron chi connectivity index (χ3n) is 5.33. The highest BCUT2D eigenvalue weighted by Crippen LogP contribution is 2.21. The molecule has 0 aliphatic carbocycles. The van der Waals surface area contributed by atoms with Gasteiger partial charge in [0.15, 0.2) is 0 Å². The molecule has 0 saturated carbocycles. The summed E-state index contributed by atoms with van der Waals surface area (Å²) in [5, 5.41) is 3.13. The van der Waals surface area contributed by atoms with Crippen molar-refractivity contribution in [3.05, 3.63) is 29.6 Å². The normalized spacial score (nSPS) is 24.6. The summed E-state index contributed by atoms with van der Waals surface area (Å²) < 4.78 is 0. The van der Waals surface area contributed by atoms with Gasteiger partial charge < -0.3 is 10.3 Å². The van der Waals surface area contributed by atoms with E-state index in [0.717, 1.165) is 29.7 Å². The maximum atomic E-state index is 12.4. The number of imidazole rings is 1. The summed E-state index contributed by atoms with van der Waals surface area (Å²) >= 11 is 0. The van der Waals surface area contributed by atoms with Crippen molar-refractivity contribution in [2.24, 2.45) is 5.92 Å². The van der Waals surface area contributed by atoms with Crippen molar-refractivity contribution in [1.29, 1.82) is 0 Å². The zero-order chi connectivity index (χ0) is 18.0. The van der Waals surface area contributed by atoms with Gasteiger partial charge >= 0.3 is 0 Å². The van der Waals surface area contributed by atoms with Gasteiger partial charge in [-0.25, -0.2) is 4.98 Å². The molecule has 4 unspecified atom stereocenters. The van der Waals surface area contributed by atoms with Gasteiger partial charge in [-0.15, -0.1) is 0 Å². The Morgan fingerprint density at radius 2 is 2.12 bits per heavy atom. The molecule has 0 radical (unpaired) electrons. The second kappa shape index (κ2) is 7.54. The van der Waals surface area contributed by atoms with Crippen molar-refractivity contribution in [2.45, 2.75) is 65.1 Å². The maximum absolute atomic E-state index is 12.4. The number of carbonyl (C=O) groups excluding carboxylic acids is 1. The first-order chi connectivity index (χ1) is 12.0. The van der Waals surface area contributed by atoms with Crippen molar-refractivity contribution in [3.63, 3.8) is 0 Å². The number of nitrogens with one attached hydrogen (secondary N) is 4. The van der Waals surface area contributed by atoms with Crippen molar-refractivity contribution in [2.75, 3.05) is 0 Å². The molecular weight excluding hydrogens is 314 g/mol. The molecule has 25 heavy (non-hydrogen) atoms. The van der Waals surface area contributed by atoms with E-state index in [4.69, 9.17) is 0 Å². The average molecular weight is 343 g/mol. The standard InChI is InChI=1S/C19H29N5O/c1-5-14(19-21-16-7-6-11(2)10-17(16)22-19)20-18(25)9-8-15-12(3)13(4)23-24-15/h6-7,10,12-15,23-24H,5,8-9H2,1-4H3,(H,20,25)(H,21,22). The lowest BCUT2D eigenvalue weighted by Crippen LogP contribution is -2.34. The van der Waals surface area contributed by atoms with Crippen LogP contribution in [0, 0.1) is 12.8 Å². The monoisotopic (exact) mass is 343 g/mol. The summed E-state index contributed by atoms with van der Waals surface area (Å²) in [7, 11) is 0. The highest BCUT2D eigenvalue weighted by atomic mass is 16.1. The Labute approximate surface area is 149 Å². The smallest absolute Gasteiger partial charge is 0.220 e. The quantitative estimate of drug-likeness (QED) is 0.650. The number of hydrogen-bond acceptors (Lipinski definition) is 4. The van der Waals surface area contributed by atoms with Gasteiger partial charge in [-0.2, -0.15) is 0 Å². The largest absolute Gasteiger partial charge is 0.346 e. The van der Waals surface area contributed by atoms with Gasteiger partial charge in [0.1, 0.15) is 5.82 Å². The van der Waals surface area contributed by atoms with E-state index in [1.165, 1.54) is 5.56 Å². The van der Waals surface area contributed by atoms with Gasteiger partial charge in [-0.1, -0.05) is 19.9 Å². The molecular formula is C19H29N5O. The Morgan fingerprint density at radius 1 is 1.32 bits per heavy atom. The number of fused-ring (bicyclic) bond motifs is 1. The fourth-order valence-corrected chi connectivity index (χ4v) is 3.41. The predicted octanol–water partition coefficient (Wildman–Crippen LogP) is 2.72. The predicted molar refractivity (Wildman–Crippen MR) is 99.9 cm³/mol. The van der Waals surface area contributed by atoms with Crippen LogP contribution in [0.25, 0.3) is 11.0 Å². The molecule has 1 aromatic carbocycles. The lowest BCUT2D eigenvalue weighted by molar-refractivity contribution is -0.122. The van der Waals surface area contributed by atoms with Crippen LogP contribution >= 0.6 is 0 Å². The number of benzene rings is 1. The lowest BCUT2D eigenvalue weighted by Gasteiger charge is -2.18. The highest BCUT2D eigenvalue weighted by molar-refractivity contribution is 5.78. The molecule has 1 aliphatic heterocycles. The van der Waals surface area contributed by atoms with Crippen LogP contribution in [0.4, 0.5) is 0 Å². The summed E-state index contributed by atoms with van der Waals surface area (Å²) in [6, 6.07) is 6.86. The third-order valence-corrected chi connectivity index (χ3v) is 5.33. The molecule has 1 aliphatic rings. The molecule has 4 N–H and O–H groups in total. The van der Waals surface area contributed by atoms with Crippen LogP contribution in [0.15, 0.2) is 18.2 Å². The van der Waals surface area contributed by atoms with Crippen LogP contribution in [0.5, 0.6) is 0 Å². The average Bonchev–Trinajstić information content (AvgIpc) is 3.14. The molecule has 0 bridgehead atoms. The summed E-state index contributed by atoms with van der Waals surface area (Å²) in [5.74, 6) is 1.43. The molecule has 4 atom stereocenters. The van der Waals surface area contributed by atoms with Crippen LogP contribution in [0.3, 0.4) is 0 Å². The highest BCUT2D eigenvalue weighted by Gasteiger charge is 2.29. The fraction of sp³-hybridized carbons (Fsp3) is 0.579. The number of carbonyl (C=O) groups is 1. The molecule has 3 rings (SSSR count). The van der Waals surface area contributed by atoms with E-state index in [9.17, 15) is 4.79 Å². The van der Waals surface area contributed by atoms with Gasteiger partial charge in [0.2, 0.25) is 5.91 Å². The number of hydrazine groups is 1. The molecule has 6 heteroatoms. The molecule has 2 aromatic rings. The minimum atomic E-state index is -0.0776. The molecule has 1 saturated heterocycles. The number of H-pyrrole nitrogens is 1. The molecule has 1 amide bonds. The van der Waals surface area contributed by atoms with Crippen LogP contribution in [0.1, 0.15) is 57.5 Å². The van der Waals surface area contributed by atoms with E-state index in [1.807, 2.05) is 6.07 Å². The molecule has 136 valence electrons. The molecule has 2 heterocycles. The Kier molecular flexibility index (Phi) is 5.39. The van der Waals surface area contributed by atoms with Gasteiger partial charge in [-0.05, 0) is 50.3 Å². The number of nitrogens with zero attached hydrogens (tertiary/aromatic N) is 1. The van der Waals surface area contributed by atoms with Crippen molar-refractivity contribution >= 4 is 16.9 Å². The SMILES string of the molecule is CCC(NC(=O)CCC1NNC(C)C1C)c1nc2ccc(C)cc2[nH]1. The van der Waals surface area contributed by atoms with Gasteiger partial charge in [-0.3, -0.25) is 15.6 Å². The van der Waals surface area contributed by atoms with Crippen LogP contribution in [-0.2, 0) is 4.79 Å². The fourth-order valence-electron chi connectivity index (χ4n) is 3.41. The van der Waals surface area contributed by atoms with E-state index in [2.05, 4.69) is 66.0 Å². The molecule has 1 fully saturated rings. The first-order valence-corrected chi connectivity index (χ1v) is 9.24. The summed E-state index contributed by atoms with van der Waals surface area (Å²) in [5.41, 5.74) is 9.69.